The van der Waals surface area contributed by atoms with Crippen molar-refractivity contribution < 1.29 is 0 Å². The molecule has 22 heavy (non-hydrogen) atoms. The lowest BCUT2D eigenvalue weighted by Crippen LogP contribution is -2.45. The summed E-state index contributed by atoms with van der Waals surface area (Å²) in [5, 5.41) is 7.97. The van der Waals surface area contributed by atoms with E-state index < -0.39 is 0 Å². The standard InChI is InChI=1S/C17H25N5/c1-14(2)11-22-13-15(8-20-22)12-21-7-6-19-10-17(21)16-4-3-5-18-9-16/h3-5,8-9,13-14,17,19H,6-7,10-12H2,1-2H3. The third kappa shape index (κ3) is 3.72. The minimum Gasteiger partial charge on any atom is -0.314 e. The van der Waals surface area contributed by atoms with Crippen LogP contribution in [0.25, 0.3) is 0 Å². The van der Waals surface area contributed by atoms with Crippen LogP contribution < -0.4 is 5.32 Å². The Morgan fingerprint density at radius 2 is 2.27 bits per heavy atom. The molecule has 1 aliphatic rings. The molecule has 0 aromatic carbocycles. The number of pyridine rings is 1. The van der Waals surface area contributed by atoms with Crippen molar-refractivity contribution in [3.05, 3.63) is 48.0 Å². The van der Waals surface area contributed by atoms with Gasteiger partial charge in [-0.25, -0.2) is 0 Å². The molecule has 5 heteroatoms. The number of aromatic nitrogens is 3. The first kappa shape index (κ1) is 15.2. The molecule has 1 atom stereocenters. The maximum atomic E-state index is 4.48. The number of nitrogens with zero attached hydrogens (tertiary/aromatic N) is 4. The van der Waals surface area contributed by atoms with E-state index in [-0.39, 0.29) is 0 Å². The Bertz CT molecular complexity index is 578. The highest BCUT2D eigenvalue weighted by atomic mass is 15.3. The van der Waals surface area contributed by atoms with Gasteiger partial charge in [-0.3, -0.25) is 14.6 Å². The molecule has 1 N–H and O–H groups in total. The quantitative estimate of drug-likeness (QED) is 0.918. The maximum absolute atomic E-state index is 4.48. The molecule has 3 rings (SSSR count). The second-order valence-corrected chi connectivity index (χ2v) is 6.44. The molecule has 0 bridgehead atoms. The Balaban J connectivity index is 1.70. The minimum atomic E-state index is 0.385. The molecular weight excluding hydrogens is 274 g/mol. The van der Waals surface area contributed by atoms with Gasteiger partial charge in [0, 0.05) is 62.9 Å². The molecule has 2 aromatic rings. The summed E-state index contributed by atoms with van der Waals surface area (Å²) in [6.07, 6.45) is 8.00. The van der Waals surface area contributed by atoms with Crippen LogP contribution in [0.15, 0.2) is 36.9 Å². The van der Waals surface area contributed by atoms with Gasteiger partial charge >= 0.3 is 0 Å². The Kier molecular flexibility index (Phi) is 4.85. The summed E-state index contributed by atoms with van der Waals surface area (Å²) in [5.74, 6) is 0.620. The van der Waals surface area contributed by atoms with Gasteiger partial charge in [0.2, 0.25) is 0 Å². The fourth-order valence-corrected chi connectivity index (χ4v) is 3.03. The zero-order chi connectivity index (χ0) is 15.4. The highest BCUT2D eigenvalue weighted by Crippen LogP contribution is 2.23. The fraction of sp³-hybridized carbons (Fsp3) is 0.529. The van der Waals surface area contributed by atoms with Gasteiger partial charge in [-0.15, -0.1) is 0 Å². The van der Waals surface area contributed by atoms with Crippen LogP contribution >= 0.6 is 0 Å². The second kappa shape index (κ2) is 7.03. The zero-order valence-corrected chi connectivity index (χ0v) is 13.4. The van der Waals surface area contributed by atoms with Crippen molar-refractivity contribution in [2.24, 2.45) is 5.92 Å². The van der Waals surface area contributed by atoms with Crippen LogP contribution in [0, 0.1) is 5.92 Å². The van der Waals surface area contributed by atoms with Crippen LogP contribution in [0.1, 0.15) is 31.0 Å². The molecule has 0 spiro atoms. The second-order valence-electron chi connectivity index (χ2n) is 6.44. The Labute approximate surface area is 132 Å². The number of rotatable bonds is 5. The van der Waals surface area contributed by atoms with E-state index >= 15 is 0 Å². The molecule has 0 aliphatic carbocycles. The maximum Gasteiger partial charge on any atom is 0.0534 e. The van der Waals surface area contributed by atoms with Gasteiger partial charge in [0.05, 0.1) is 6.20 Å². The van der Waals surface area contributed by atoms with Crippen molar-refractivity contribution in [2.75, 3.05) is 19.6 Å². The Morgan fingerprint density at radius 3 is 3.05 bits per heavy atom. The minimum absolute atomic E-state index is 0.385. The van der Waals surface area contributed by atoms with Crippen LogP contribution in [-0.2, 0) is 13.1 Å². The van der Waals surface area contributed by atoms with Gasteiger partial charge in [0.1, 0.15) is 0 Å². The van der Waals surface area contributed by atoms with Crippen LogP contribution in [0.5, 0.6) is 0 Å². The van der Waals surface area contributed by atoms with E-state index in [2.05, 4.69) is 51.1 Å². The van der Waals surface area contributed by atoms with E-state index in [0.29, 0.717) is 12.0 Å². The van der Waals surface area contributed by atoms with E-state index in [4.69, 9.17) is 0 Å². The topological polar surface area (TPSA) is 46.0 Å². The molecule has 1 fully saturated rings. The van der Waals surface area contributed by atoms with Crippen molar-refractivity contribution in [3.8, 4) is 0 Å². The van der Waals surface area contributed by atoms with Crippen molar-refractivity contribution >= 4 is 0 Å². The van der Waals surface area contributed by atoms with Gasteiger partial charge in [0.25, 0.3) is 0 Å². The summed E-state index contributed by atoms with van der Waals surface area (Å²) in [6, 6.07) is 4.57. The molecule has 5 nitrogen and oxygen atoms in total. The summed E-state index contributed by atoms with van der Waals surface area (Å²) in [6.45, 7) is 9.43. The molecular formula is C17H25N5. The third-order valence-corrected chi connectivity index (χ3v) is 4.05. The van der Waals surface area contributed by atoms with Crippen LogP contribution in [0.4, 0.5) is 0 Å². The van der Waals surface area contributed by atoms with Crippen molar-refractivity contribution in [1.29, 1.82) is 0 Å². The van der Waals surface area contributed by atoms with Gasteiger partial charge < -0.3 is 5.32 Å². The number of hydrogen-bond acceptors (Lipinski definition) is 4. The van der Waals surface area contributed by atoms with Crippen molar-refractivity contribution in [1.82, 2.24) is 25.0 Å². The molecule has 1 unspecified atom stereocenters. The van der Waals surface area contributed by atoms with Gasteiger partial charge in [-0.05, 0) is 17.5 Å². The summed E-state index contributed by atoms with van der Waals surface area (Å²) in [5.41, 5.74) is 2.57. The smallest absolute Gasteiger partial charge is 0.0534 e. The largest absolute Gasteiger partial charge is 0.314 e. The summed E-state index contributed by atoms with van der Waals surface area (Å²) in [7, 11) is 0. The van der Waals surface area contributed by atoms with Crippen LogP contribution in [-0.4, -0.2) is 39.3 Å². The number of piperazine rings is 1. The number of nitrogens with one attached hydrogen (secondary N) is 1. The number of hydrogen-bond donors (Lipinski definition) is 1. The Hall–Kier alpha value is -1.72. The lowest BCUT2D eigenvalue weighted by atomic mass is 10.0. The Morgan fingerprint density at radius 1 is 1.36 bits per heavy atom. The SMILES string of the molecule is CC(C)Cn1cc(CN2CCNCC2c2cccnc2)cn1. The molecule has 0 amide bonds. The van der Waals surface area contributed by atoms with E-state index in [1.165, 1.54) is 11.1 Å². The van der Waals surface area contributed by atoms with E-state index in [1.807, 2.05) is 24.7 Å². The summed E-state index contributed by atoms with van der Waals surface area (Å²) >= 11 is 0. The van der Waals surface area contributed by atoms with Gasteiger partial charge in [-0.2, -0.15) is 5.10 Å². The first-order chi connectivity index (χ1) is 10.7. The lowest BCUT2D eigenvalue weighted by Gasteiger charge is -2.36. The monoisotopic (exact) mass is 299 g/mol. The van der Waals surface area contributed by atoms with Crippen LogP contribution in [0.2, 0.25) is 0 Å². The highest BCUT2D eigenvalue weighted by Gasteiger charge is 2.24. The average molecular weight is 299 g/mol. The lowest BCUT2D eigenvalue weighted by molar-refractivity contribution is 0.153. The molecule has 0 saturated carbocycles. The normalized spacial score (nSPS) is 19.7. The molecule has 2 aromatic heterocycles. The van der Waals surface area contributed by atoms with Gasteiger partial charge in [-0.1, -0.05) is 19.9 Å². The van der Waals surface area contributed by atoms with E-state index in [0.717, 1.165) is 32.7 Å². The predicted octanol–water partition coefficient (Wildman–Crippen LogP) is 2.08. The fourth-order valence-electron chi connectivity index (χ4n) is 3.03. The average Bonchev–Trinajstić information content (AvgIpc) is 2.95. The van der Waals surface area contributed by atoms with Gasteiger partial charge in [0.15, 0.2) is 0 Å². The molecule has 1 aliphatic heterocycles. The molecule has 118 valence electrons. The summed E-state index contributed by atoms with van der Waals surface area (Å²) < 4.78 is 2.06. The molecule has 0 radical (unpaired) electrons. The highest BCUT2D eigenvalue weighted by molar-refractivity contribution is 5.16. The van der Waals surface area contributed by atoms with Crippen molar-refractivity contribution in [2.45, 2.75) is 33.0 Å². The summed E-state index contributed by atoms with van der Waals surface area (Å²) in [4.78, 5) is 6.79. The molecule has 1 saturated heterocycles. The van der Waals surface area contributed by atoms with E-state index in [1.54, 1.807) is 0 Å². The first-order valence-corrected chi connectivity index (χ1v) is 8.08. The zero-order valence-electron chi connectivity index (χ0n) is 13.4. The third-order valence-electron chi connectivity index (χ3n) is 4.05. The van der Waals surface area contributed by atoms with Crippen molar-refractivity contribution in [3.63, 3.8) is 0 Å². The molecule has 3 heterocycles. The predicted molar refractivity (Wildman–Crippen MR) is 87.3 cm³/mol. The first-order valence-electron chi connectivity index (χ1n) is 8.08. The van der Waals surface area contributed by atoms with E-state index in [9.17, 15) is 0 Å². The van der Waals surface area contributed by atoms with Crippen LogP contribution in [0.3, 0.4) is 0 Å².